The minimum Gasteiger partial charge on any atom is -0.449 e. The first-order valence-corrected chi connectivity index (χ1v) is 21.0. The zero-order valence-electron chi connectivity index (χ0n) is 32.7. The molecule has 54 heavy (non-hydrogen) atoms. The van der Waals surface area contributed by atoms with Gasteiger partial charge >= 0.3 is 12.2 Å². The Morgan fingerprint density at radius 3 is 2.41 bits per heavy atom. The van der Waals surface area contributed by atoms with E-state index in [-0.39, 0.29) is 30.9 Å². The molecule has 5 aliphatic rings. The minimum atomic E-state index is -3.89. The number of cyclic esters (lactones) is 1. The minimum absolute atomic E-state index is 0.140. The van der Waals surface area contributed by atoms with E-state index in [1.165, 1.54) is 10.5 Å². The van der Waals surface area contributed by atoms with Gasteiger partial charge in [-0.1, -0.05) is 79.5 Å². The van der Waals surface area contributed by atoms with E-state index < -0.39 is 80.2 Å². The van der Waals surface area contributed by atoms with E-state index in [0.717, 1.165) is 36.8 Å². The van der Waals surface area contributed by atoms with Crippen molar-refractivity contribution < 1.29 is 41.9 Å². The van der Waals surface area contributed by atoms with Gasteiger partial charge in [-0.2, -0.15) is 0 Å². The lowest BCUT2D eigenvalue weighted by Crippen LogP contribution is -2.61. The molecule has 0 aromatic heterocycles. The molecule has 3 heterocycles. The number of nitrogens with one attached hydrogen (secondary N) is 3. The second-order valence-electron chi connectivity index (χ2n) is 18.0. The van der Waals surface area contributed by atoms with Crippen molar-refractivity contribution in [3.63, 3.8) is 0 Å². The molecular weight excluding hydrogens is 715 g/mol. The highest BCUT2D eigenvalue weighted by atomic mass is 32.2. The Balaban J connectivity index is 1.31. The van der Waals surface area contributed by atoms with Crippen LogP contribution in [0.4, 0.5) is 9.59 Å². The van der Waals surface area contributed by atoms with Crippen LogP contribution in [0.25, 0.3) is 0 Å². The third-order valence-corrected chi connectivity index (χ3v) is 13.8. The van der Waals surface area contributed by atoms with Gasteiger partial charge in [0, 0.05) is 19.0 Å². The molecule has 3 fully saturated rings. The second kappa shape index (κ2) is 14.6. The normalized spacial score (nSPS) is 30.5. The maximum atomic E-state index is 14.6. The summed E-state index contributed by atoms with van der Waals surface area (Å²) in [6.45, 7) is 13.8. The molecule has 4 bridgehead atoms. The summed E-state index contributed by atoms with van der Waals surface area (Å²) in [5.41, 5.74) is 0.707. The summed E-state index contributed by atoms with van der Waals surface area (Å²) in [4.78, 5) is 72.8. The molecule has 6 rings (SSSR count). The van der Waals surface area contributed by atoms with Crippen LogP contribution >= 0.6 is 0 Å². The van der Waals surface area contributed by atoms with Gasteiger partial charge in [-0.15, -0.1) is 0 Å². The Hall–Kier alpha value is -3.88. The number of nitrogens with zero attached hydrogens (tertiary/aromatic N) is 2. The molecular formula is C39H57N5O9S. The Labute approximate surface area is 318 Å². The average molecular weight is 772 g/mol. The number of carbonyl (C=O) groups excluding carboxylic acids is 5. The number of hydrogen-bond acceptors (Lipinski definition) is 9. The van der Waals surface area contributed by atoms with Crippen LogP contribution in [0.2, 0.25) is 0 Å². The number of alkyl carbamates (subject to hydrolysis) is 1. The lowest BCUT2D eigenvalue weighted by atomic mass is 9.85. The van der Waals surface area contributed by atoms with Gasteiger partial charge in [-0.3, -0.25) is 24.0 Å². The quantitative estimate of drug-likeness (QED) is 0.383. The average Bonchev–Trinajstić information content (AvgIpc) is 4.00. The second-order valence-corrected chi connectivity index (χ2v) is 19.9. The third kappa shape index (κ3) is 8.20. The highest BCUT2D eigenvalue weighted by Crippen LogP contribution is 2.47. The molecule has 6 atom stereocenters. The highest BCUT2D eigenvalue weighted by molar-refractivity contribution is 7.91. The van der Waals surface area contributed by atoms with E-state index in [9.17, 15) is 32.4 Å². The van der Waals surface area contributed by atoms with Crippen molar-refractivity contribution in [2.24, 2.45) is 22.7 Å². The lowest BCUT2D eigenvalue weighted by Gasteiger charge is -2.36. The lowest BCUT2D eigenvalue weighted by molar-refractivity contribution is -0.143. The zero-order valence-corrected chi connectivity index (χ0v) is 33.5. The Morgan fingerprint density at radius 2 is 1.76 bits per heavy atom. The highest BCUT2D eigenvalue weighted by Gasteiger charge is 2.63. The van der Waals surface area contributed by atoms with Crippen LogP contribution in [0.5, 0.6) is 0 Å². The summed E-state index contributed by atoms with van der Waals surface area (Å²) >= 11 is 0. The van der Waals surface area contributed by atoms with Gasteiger partial charge in [0.25, 0.3) is 5.91 Å². The molecule has 2 saturated carbocycles. The molecule has 1 saturated heterocycles. The van der Waals surface area contributed by atoms with E-state index in [4.69, 9.17) is 9.47 Å². The van der Waals surface area contributed by atoms with Crippen LogP contribution in [0.15, 0.2) is 18.2 Å². The van der Waals surface area contributed by atoms with Crippen molar-refractivity contribution in [1.82, 2.24) is 25.2 Å². The fraction of sp³-hybridized carbons (Fsp3) is 0.718. The number of rotatable bonds is 6. The first-order valence-electron chi connectivity index (χ1n) is 19.4. The summed E-state index contributed by atoms with van der Waals surface area (Å²) < 4.78 is 39.5. The number of fused-ring (bicyclic) bond motifs is 3. The molecule has 2 aliphatic carbocycles. The molecule has 298 valence electrons. The van der Waals surface area contributed by atoms with Gasteiger partial charge in [-0.25, -0.2) is 18.0 Å². The number of benzene rings is 1. The summed E-state index contributed by atoms with van der Waals surface area (Å²) in [5.74, 6) is -3.08. The molecule has 15 heteroatoms. The monoisotopic (exact) mass is 771 g/mol. The smallest absolute Gasteiger partial charge is 0.410 e. The van der Waals surface area contributed by atoms with E-state index in [0.29, 0.717) is 32.4 Å². The number of sulfonamides is 1. The van der Waals surface area contributed by atoms with Gasteiger partial charge in [-0.05, 0) is 72.0 Å². The molecule has 3 N–H and O–H groups in total. The molecule has 5 amide bonds. The Bertz CT molecular complexity index is 1790. The number of hydrogen-bond donors (Lipinski definition) is 3. The fourth-order valence-corrected chi connectivity index (χ4v) is 9.65. The van der Waals surface area contributed by atoms with Gasteiger partial charge in [0.15, 0.2) is 0 Å². The Kier molecular flexibility index (Phi) is 10.8. The van der Waals surface area contributed by atoms with E-state index in [2.05, 4.69) is 21.4 Å². The summed E-state index contributed by atoms with van der Waals surface area (Å²) in [7, 11) is -3.89. The van der Waals surface area contributed by atoms with Crippen LogP contribution in [-0.4, -0.2) is 90.3 Å². The molecule has 1 aromatic carbocycles. The maximum Gasteiger partial charge on any atom is 0.410 e. The van der Waals surface area contributed by atoms with Gasteiger partial charge in [0.1, 0.15) is 23.7 Å². The largest absolute Gasteiger partial charge is 0.449 e. The third-order valence-electron chi connectivity index (χ3n) is 12.0. The van der Waals surface area contributed by atoms with Crippen molar-refractivity contribution >= 4 is 39.9 Å². The molecule has 0 spiro atoms. The van der Waals surface area contributed by atoms with Crippen LogP contribution in [0, 0.1) is 22.7 Å². The first kappa shape index (κ1) is 39.8. The molecule has 0 radical (unpaired) electrons. The maximum absolute atomic E-state index is 14.6. The van der Waals surface area contributed by atoms with Crippen LogP contribution < -0.4 is 15.4 Å². The molecule has 0 unspecified atom stereocenters. The van der Waals surface area contributed by atoms with Crippen molar-refractivity contribution in [1.29, 1.82) is 0 Å². The Morgan fingerprint density at radius 1 is 1.06 bits per heavy atom. The predicted molar refractivity (Wildman–Crippen MR) is 199 cm³/mol. The van der Waals surface area contributed by atoms with Crippen molar-refractivity contribution in [3.05, 3.63) is 34.9 Å². The zero-order chi connectivity index (χ0) is 39.4. The standard InChI is InChI=1S/C39H57N5O9S/c1-8-26-18-39(26,34(47)42-54(50,51)27-15-16-27)41-32(45)30-23(2)29-21-44(30)33(46)31(37(3,4)5)40-35(48)52-22-38(6,7)17-10-9-12-24-13-11-14-25-19-43(20-28(24)25)36(49)53-29/h11,13-14,23,26-27,29-31H,8-10,12,15-22H2,1-7H3,(H,40,48)(H,41,45)(H,42,47)/t23-,26+,29-,30-,31-,39+/m0/s1. The number of ether oxygens (including phenoxy) is 2. The molecule has 14 nitrogen and oxygen atoms in total. The van der Waals surface area contributed by atoms with E-state index in [1.807, 2.05) is 32.9 Å². The van der Waals surface area contributed by atoms with Crippen LogP contribution in [0.1, 0.15) is 110 Å². The summed E-state index contributed by atoms with van der Waals surface area (Å²) in [6, 6.07) is 3.76. The molecule has 3 aliphatic heterocycles. The number of amides is 5. The van der Waals surface area contributed by atoms with Crippen molar-refractivity contribution in [3.8, 4) is 0 Å². The van der Waals surface area contributed by atoms with Gasteiger partial charge < -0.3 is 25.0 Å². The summed E-state index contributed by atoms with van der Waals surface area (Å²) in [6.07, 6.45) is 2.93. The van der Waals surface area contributed by atoms with E-state index >= 15 is 0 Å². The predicted octanol–water partition coefficient (Wildman–Crippen LogP) is 4.14. The van der Waals surface area contributed by atoms with Gasteiger partial charge in [0.2, 0.25) is 21.8 Å². The van der Waals surface area contributed by atoms with Crippen LogP contribution in [0.3, 0.4) is 0 Å². The first-order chi connectivity index (χ1) is 25.3. The fourth-order valence-electron chi connectivity index (χ4n) is 8.28. The molecule has 1 aromatic rings. The van der Waals surface area contributed by atoms with Crippen molar-refractivity contribution in [2.75, 3.05) is 13.2 Å². The number of aryl methyl sites for hydroxylation is 1. The van der Waals surface area contributed by atoms with Crippen molar-refractivity contribution in [2.45, 2.75) is 142 Å². The number of carbonyl (C=O) groups is 5. The topological polar surface area (TPSA) is 181 Å². The van der Waals surface area contributed by atoms with Gasteiger partial charge in [0.05, 0.1) is 18.4 Å². The van der Waals surface area contributed by atoms with E-state index in [1.54, 1.807) is 32.6 Å². The van der Waals surface area contributed by atoms with Crippen LogP contribution in [-0.2, 0) is 53.4 Å². The SMILES string of the molecule is CC[C@@H]1C[C@]1(NC(=O)[C@@H]1[C@@H](C)[C@@H]2CN1C(=O)[C@@H](C(C)(C)C)NC(=O)OCC(C)(C)CCCCc1cccc3c1CN(C3)C(=O)O2)C(=O)NS(=O)(=O)C1CC1. The summed E-state index contributed by atoms with van der Waals surface area (Å²) in [5, 5.41) is 4.99.